The van der Waals surface area contributed by atoms with E-state index in [4.69, 9.17) is 4.74 Å². The Morgan fingerprint density at radius 3 is 2.58 bits per heavy atom. The highest BCUT2D eigenvalue weighted by atomic mass is 16.5. The molecule has 1 aliphatic carbocycles. The number of benzene rings is 2. The van der Waals surface area contributed by atoms with Gasteiger partial charge in [0.2, 0.25) is 5.91 Å². The van der Waals surface area contributed by atoms with Gasteiger partial charge >= 0.3 is 0 Å². The Labute approximate surface area is 196 Å². The van der Waals surface area contributed by atoms with Crippen LogP contribution in [0.15, 0.2) is 70.9 Å². The lowest BCUT2D eigenvalue weighted by Crippen LogP contribution is -2.25. The first kappa shape index (κ1) is 23.2. The molecule has 1 heterocycles. The van der Waals surface area contributed by atoms with E-state index in [9.17, 15) is 9.90 Å². The van der Waals surface area contributed by atoms with E-state index < -0.39 is 6.10 Å². The van der Waals surface area contributed by atoms with Gasteiger partial charge < -0.3 is 15.2 Å². The Balaban J connectivity index is 1.21. The van der Waals surface area contributed by atoms with E-state index in [-0.39, 0.29) is 11.8 Å². The van der Waals surface area contributed by atoms with Crippen molar-refractivity contribution in [1.82, 2.24) is 0 Å². The van der Waals surface area contributed by atoms with Crippen LogP contribution in [0.4, 0.5) is 5.69 Å². The first-order chi connectivity index (χ1) is 16.0. The van der Waals surface area contributed by atoms with Crippen molar-refractivity contribution < 1.29 is 14.6 Å². The van der Waals surface area contributed by atoms with Crippen LogP contribution in [0.1, 0.15) is 51.5 Å². The number of aliphatic hydroxyl groups excluding tert-OH is 1. The lowest BCUT2D eigenvalue weighted by Gasteiger charge is -2.19. The normalized spacial score (nSPS) is 21.1. The average Bonchev–Trinajstić information content (AvgIpc) is 3.39. The van der Waals surface area contributed by atoms with Crippen molar-refractivity contribution in [1.29, 1.82) is 0 Å². The van der Waals surface area contributed by atoms with Crippen LogP contribution in [0, 0.1) is 11.8 Å². The van der Waals surface area contributed by atoms with Crippen molar-refractivity contribution >= 4 is 17.3 Å². The van der Waals surface area contributed by atoms with Crippen LogP contribution in [0.25, 0.3) is 0 Å². The first-order valence-corrected chi connectivity index (χ1v) is 11.9. The second-order valence-electron chi connectivity index (χ2n) is 9.51. The summed E-state index contributed by atoms with van der Waals surface area (Å²) < 4.78 is 5.74. The van der Waals surface area contributed by atoms with Crippen LogP contribution in [0.3, 0.4) is 0 Å². The number of anilines is 1. The number of hydrogen-bond acceptors (Lipinski definition) is 4. The molecule has 33 heavy (non-hydrogen) atoms. The number of allylic oxidation sites excluding steroid dienone is 1. The molecule has 1 aliphatic heterocycles. The molecular weight excluding hydrogens is 412 g/mol. The lowest BCUT2D eigenvalue weighted by molar-refractivity contribution is -0.115. The molecule has 3 atom stereocenters. The maximum absolute atomic E-state index is 12.4. The molecule has 4 rings (SSSR count). The van der Waals surface area contributed by atoms with E-state index in [0.717, 1.165) is 54.9 Å². The van der Waals surface area contributed by atoms with Gasteiger partial charge in [0.05, 0.1) is 12.5 Å². The molecule has 2 aromatic carbocycles. The van der Waals surface area contributed by atoms with Gasteiger partial charge in [-0.2, -0.15) is 0 Å². The van der Waals surface area contributed by atoms with Crippen molar-refractivity contribution in [3.05, 3.63) is 71.4 Å². The maximum atomic E-state index is 12.4. The van der Waals surface area contributed by atoms with Gasteiger partial charge in [0.25, 0.3) is 0 Å². The van der Waals surface area contributed by atoms with Gasteiger partial charge in [0.1, 0.15) is 12.4 Å². The highest BCUT2D eigenvalue weighted by Crippen LogP contribution is 2.35. The van der Waals surface area contributed by atoms with E-state index in [1.807, 2.05) is 56.3 Å². The number of nitrogens with zero attached hydrogens (tertiary/aromatic N) is 1. The Kier molecular flexibility index (Phi) is 7.61. The Morgan fingerprint density at radius 2 is 1.88 bits per heavy atom. The number of aliphatic imine (C=N–C) groups is 1. The van der Waals surface area contributed by atoms with Gasteiger partial charge in [-0.05, 0) is 86.8 Å². The average molecular weight is 447 g/mol. The Hall–Kier alpha value is -2.92. The monoisotopic (exact) mass is 446 g/mol. The summed E-state index contributed by atoms with van der Waals surface area (Å²) in [5.74, 6) is 1.63. The number of para-hydroxylation sites is 1. The predicted molar refractivity (Wildman–Crippen MR) is 133 cm³/mol. The van der Waals surface area contributed by atoms with Crippen LogP contribution >= 0.6 is 0 Å². The number of ether oxygens (including phenoxy) is 1. The molecule has 1 saturated carbocycles. The molecule has 174 valence electrons. The minimum atomic E-state index is -0.431. The van der Waals surface area contributed by atoms with Crippen LogP contribution in [0.2, 0.25) is 0 Å². The molecule has 0 saturated heterocycles. The highest BCUT2D eigenvalue weighted by Gasteiger charge is 2.30. The summed E-state index contributed by atoms with van der Waals surface area (Å²) >= 11 is 0. The van der Waals surface area contributed by atoms with E-state index >= 15 is 0 Å². The van der Waals surface area contributed by atoms with Crippen LogP contribution in [0.5, 0.6) is 5.75 Å². The van der Waals surface area contributed by atoms with E-state index in [2.05, 4.69) is 22.4 Å². The van der Waals surface area contributed by atoms with Crippen LogP contribution in [-0.4, -0.2) is 29.4 Å². The number of hydrogen-bond donors (Lipinski definition) is 2. The number of carbonyl (C=O) groups is 1. The summed E-state index contributed by atoms with van der Waals surface area (Å²) in [6.07, 6.45) is 4.94. The van der Waals surface area contributed by atoms with Crippen molar-refractivity contribution in [3.8, 4) is 5.75 Å². The third-order valence-electron chi connectivity index (χ3n) is 6.72. The molecule has 2 aromatic rings. The molecule has 0 spiro atoms. The van der Waals surface area contributed by atoms with Gasteiger partial charge in [-0.15, -0.1) is 0 Å². The molecule has 0 bridgehead atoms. The SMILES string of the molecule is CC1=NC(CC(=O)Nc2ccc(C[C@@H]3CC[C@H]([C@H](O)COc4ccccc4)C3)cc2)=C(C)C1. The summed E-state index contributed by atoms with van der Waals surface area (Å²) in [6.45, 7) is 4.39. The molecule has 1 amide bonds. The molecule has 2 aliphatic rings. The Bertz CT molecular complexity index is 1010. The Morgan fingerprint density at radius 1 is 1.12 bits per heavy atom. The topological polar surface area (TPSA) is 70.9 Å². The fourth-order valence-corrected chi connectivity index (χ4v) is 4.94. The van der Waals surface area contributed by atoms with Crippen molar-refractivity contribution in [2.24, 2.45) is 16.8 Å². The predicted octanol–water partition coefficient (Wildman–Crippen LogP) is 5.55. The van der Waals surface area contributed by atoms with E-state index in [1.165, 1.54) is 11.1 Å². The summed E-state index contributed by atoms with van der Waals surface area (Å²) in [7, 11) is 0. The lowest BCUT2D eigenvalue weighted by atomic mass is 9.95. The second-order valence-corrected chi connectivity index (χ2v) is 9.51. The molecule has 5 heteroatoms. The van der Waals surface area contributed by atoms with Gasteiger partial charge in [-0.25, -0.2) is 0 Å². The standard InChI is InChI=1S/C28H34N2O3/c1-19-14-20(2)29-26(19)17-28(32)30-24-12-9-21(10-13-24)15-22-8-11-23(16-22)27(31)18-33-25-6-4-3-5-7-25/h3-7,9-10,12-13,22-23,27,31H,8,11,14-18H2,1-2H3,(H,30,32)/t22-,23-,27+/m0/s1. The van der Waals surface area contributed by atoms with Crippen LogP contribution < -0.4 is 10.1 Å². The zero-order valence-corrected chi connectivity index (χ0v) is 19.6. The number of rotatable bonds is 9. The van der Waals surface area contributed by atoms with E-state index in [0.29, 0.717) is 18.9 Å². The molecule has 1 fully saturated rings. The van der Waals surface area contributed by atoms with Crippen LogP contribution in [-0.2, 0) is 11.2 Å². The number of amides is 1. The molecular formula is C28H34N2O3. The zero-order chi connectivity index (χ0) is 23.2. The molecule has 5 nitrogen and oxygen atoms in total. The van der Waals surface area contributed by atoms with Crippen molar-refractivity contribution in [3.63, 3.8) is 0 Å². The second kappa shape index (κ2) is 10.8. The molecule has 0 radical (unpaired) electrons. The number of aliphatic hydroxyl groups is 1. The molecule has 2 N–H and O–H groups in total. The van der Waals surface area contributed by atoms with Crippen molar-refractivity contribution in [2.75, 3.05) is 11.9 Å². The van der Waals surface area contributed by atoms with Gasteiger partial charge in [-0.1, -0.05) is 30.3 Å². The summed E-state index contributed by atoms with van der Waals surface area (Å²) in [5, 5.41) is 13.6. The summed E-state index contributed by atoms with van der Waals surface area (Å²) in [6, 6.07) is 17.8. The van der Waals surface area contributed by atoms with Crippen molar-refractivity contribution in [2.45, 2.75) is 58.5 Å². The third-order valence-corrected chi connectivity index (χ3v) is 6.72. The fourth-order valence-electron chi connectivity index (χ4n) is 4.94. The highest BCUT2D eigenvalue weighted by molar-refractivity contribution is 5.94. The maximum Gasteiger partial charge on any atom is 0.230 e. The zero-order valence-electron chi connectivity index (χ0n) is 19.6. The number of carbonyl (C=O) groups excluding carboxylic acids is 1. The summed E-state index contributed by atoms with van der Waals surface area (Å²) in [5.41, 5.74) is 5.24. The smallest absolute Gasteiger partial charge is 0.230 e. The molecule has 0 aromatic heterocycles. The largest absolute Gasteiger partial charge is 0.491 e. The first-order valence-electron chi connectivity index (χ1n) is 11.9. The third kappa shape index (κ3) is 6.55. The summed E-state index contributed by atoms with van der Waals surface area (Å²) in [4.78, 5) is 16.9. The quantitative estimate of drug-likeness (QED) is 0.530. The fraction of sp³-hybridized carbons (Fsp3) is 0.429. The van der Waals surface area contributed by atoms with E-state index in [1.54, 1.807) is 0 Å². The van der Waals surface area contributed by atoms with Gasteiger partial charge in [-0.3, -0.25) is 9.79 Å². The minimum absolute atomic E-state index is 0.0270. The molecule has 0 unspecified atom stereocenters. The number of nitrogens with one attached hydrogen (secondary N) is 1. The van der Waals surface area contributed by atoms with Gasteiger partial charge in [0, 0.05) is 23.5 Å². The minimum Gasteiger partial charge on any atom is -0.491 e. The van der Waals surface area contributed by atoms with Gasteiger partial charge in [0.15, 0.2) is 0 Å².